The van der Waals surface area contributed by atoms with Gasteiger partial charge in [0.15, 0.2) is 5.58 Å². The number of fused-ring (bicyclic) bond motifs is 9. The van der Waals surface area contributed by atoms with Crippen molar-refractivity contribution in [2.75, 3.05) is 0 Å². The van der Waals surface area contributed by atoms with Crippen LogP contribution >= 0.6 is 23.3 Å². The average molecular weight is 803 g/mol. The van der Waals surface area contributed by atoms with Gasteiger partial charge in [-0.3, -0.25) is 0 Å². The molecule has 11 aromatic rings. The van der Waals surface area contributed by atoms with E-state index in [0.29, 0.717) is 0 Å². The minimum atomic E-state index is 0.887. The van der Waals surface area contributed by atoms with Crippen LogP contribution in [0.15, 0.2) is 199 Å². The van der Waals surface area contributed by atoms with Gasteiger partial charge in [0, 0.05) is 38.0 Å². The van der Waals surface area contributed by atoms with Crippen LogP contribution in [0, 0.1) is 0 Å². The molecule has 3 nitrogen and oxygen atoms in total. The molecule has 3 heterocycles. The summed E-state index contributed by atoms with van der Waals surface area (Å²) in [6, 6.07) is 65.4. The fraction of sp³-hybridized carbons (Fsp3) is 0.0741. The summed E-state index contributed by atoms with van der Waals surface area (Å²) in [4.78, 5) is 0. The summed E-state index contributed by atoms with van der Waals surface area (Å²) in [7, 11) is 0. The molecule has 0 bridgehead atoms. The van der Waals surface area contributed by atoms with E-state index in [4.69, 9.17) is 4.42 Å². The summed E-state index contributed by atoms with van der Waals surface area (Å²) >= 11 is 6.44. The standard InChI is InChI=1S/C48H30N2O.C4H8.C2H6.H2S2/c1-2-14-35(15-3-1)49-42-20-7-6-18-38(42)40-29-33(24-26-45(40)49)31-12-10-13-32(28-31)34-25-27-47-41(30-34)39-19-11-23-46(48(39)51-47)50-43-21-8-4-16-36(43)37-17-5-9-22-44(37)50;1-3-4-2;2*1-2/h1-30H;3-4H,1-2H3;1-2H3;1-2H/b;4-3-;;. The van der Waals surface area contributed by atoms with Crippen LogP contribution in [0.1, 0.15) is 27.7 Å². The third-order valence-electron chi connectivity index (χ3n) is 10.8. The highest BCUT2D eigenvalue weighted by Crippen LogP contribution is 2.40. The second-order valence-electron chi connectivity index (χ2n) is 14.0. The molecule has 0 aliphatic heterocycles. The van der Waals surface area contributed by atoms with E-state index in [1.807, 2.05) is 39.8 Å². The minimum absolute atomic E-state index is 0.887. The molecule has 3 aromatic heterocycles. The summed E-state index contributed by atoms with van der Waals surface area (Å²) < 4.78 is 11.4. The number of allylic oxidation sites excluding steroid dienone is 2. The topological polar surface area (TPSA) is 23.0 Å². The first-order valence-corrected chi connectivity index (χ1v) is 21.7. The van der Waals surface area contributed by atoms with Crippen molar-refractivity contribution in [2.45, 2.75) is 27.7 Å². The highest BCUT2D eigenvalue weighted by atomic mass is 33.1. The largest absolute Gasteiger partial charge is 0.454 e. The lowest BCUT2D eigenvalue weighted by atomic mass is 9.97. The van der Waals surface area contributed by atoms with Gasteiger partial charge in [-0.1, -0.05) is 141 Å². The van der Waals surface area contributed by atoms with E-state index in [1.54, 1.807) is 0 Å². The van der Waals surface area contributed by atoms with E-state index in [1.165, 1.54) is 66.0 Å². The molecule has 8 aromatic carbocycles. The van der Waals surface area contributed by atoms with Gasteiger partial charge >= 0.3 is 0 Å². The maximum atomic E-state index is 6.68. The Bertz CT molecular complexity index is 3180. The third-order valence-corrected chi connectivity index (χ3v) is 10.8. The second-order valence-corrected chi connectivity index (χ2v) is 14.0. The van der Waals surface area contributed by atoms with E-state index in [2.05, 4.69) is 214 Å². The number of para-hydroxylation sites is 5. The lowest BCUT2D eigenvalue weighted by Gasteiger charge is -2.09. The number of aromatic nitrogens is 2. The zero-order valence-corrected chi connectivity index (χ0v) is 35.5. The molecule has 0 aliphatic carbocycles. The van der Waals surface area contributed by atoms with Gasteiger partial charge in [0.05, 0.1) is 27.8 Å². The molecular weight excluding hydrogens is 757 g/mol. The molecule has 0 fully saturated rings. The molecule has 0 saturated carbocycles. The average Bonchev–Trinajstić information content (AvgIpc) is 3.98. The van der Waals surface area contributed by atoms with Crippen LogP contribution in [0.3, 0.4) is 0 Å². The van der Waals surface area contributed by atoms with Gasteiger partial charge in [-0.25, -0.2) is 0 Å². The summed E-state index contributed by atoms with van der Waals surface area (Å²) in [6.45, 7) is 8.00. The molecule has 0 N–H and O–H groups in total. The summed E-state index contributed by atoms with van der Waals surface area (Å²) in [6.07, 6.45) is 4.00. The first kappa shape index (κ1) is 39.4. The second kappa shape index (κ2) is 17.6. The van der Waals surface area contributed by atoms with Gasteiger partial charge in [0.2, 0.25) is 0 Å². The van der Waals surface area contributed by atoms with Crippen molar-refractivity contribution in [3.05, 3.63) is 194 Å². The van der Waals surface area contributed by atoms with Crippen molar-refractivity contribution in [1.82, 2.24) is 9.13 Å². The van der Waals surface area contributed by atoms with Gasteiger partial charge in [0.25, 0.3) is 0 Å². The lowest BCUT2D eigenvalue weighted by molar-refractivity contribution is 0.666. The zero-order valence-electron chi connectivity index (χ0n) is 33.7. The third kappa shape index (κ3) is 7.11. The van der Waals surface area contributed by atoms with E-state index >= 15 is 0 Å². The van der Waals surface area contributed by atoms with Gasteiger partial charge in [0.1, 0.15) is 5.58 Å². The van der Waals surface area contributed by atoms with E-state index < -0.39 is 0 Å². The molecule has 0 radical (unpaired) electrons. The molecule has 59 heavy (non-hydrogen) atoms. The predicted octanol–water partition coefficient (Wildman–Crippen LogP) is 16.5. The minimum Gasteiger partial charge on any atom is -0.454 e. The number of thiol groups is 2. The lowest BCUT2D eigenvalue weighted by Crippen LogP contribution is -1.93. The molecule has 11 rings (SSSR count). The first-order chi connectivity index (χ1) is 29.2. The fourth-order valence-electron chi connectivity index (χ4n) is 8.21. The quantitative estimate of drug-likeness (QED) is 0.103. The van der Waals surface area contributed by atoms with Gasteiger partial charge in [-0.2, -0.15) is 0 Å². The normalized spacial score (nSPS) is 11.2. The Hall–Kier alpha value is -6.40. The van der Waals surface area contributed by atoms with Crippen LogP contribution in [0.5, 0.6) is 0 Å². The van der Waals surface area contributed by atoms with Gasteiger partial charge in [-0.05, 0) is 103 Å². The number of hydrogen-bond donors (Lipinski definition) is 2. The van der Waals surface area contributed by atoms with Crippen molar-refractivity contribution < 1.29 is 4.42 Å². The Kier molecular flexibility index (Phi) is 11.8. The van der Waals surface area contributed by atoms with Crippen molar-refractivity contribution in [3.8, 4) is 33.6 Å². The maximum absolute atomic E-state index is 6.68. The number of furan rings is 1. The maximum Gasteiger partial charge on any atom is 0.159 e. The molecular formula is C54H46N2OS2. The number of nitrogens with zero attached hydrogens (tertiary/aromatic N) is 2. The van der Waals surface area contributed by atoms with E-state index in [9.17, 15) is 0 Å². The summed E-state index contributed by atoms with van der Waals surface area (Å²) in [5.74, 6) is 0. The predicted molar refractivity (Wildman–Crippen MR) is 263 cm³/mol. The Morgan fingerprint density at radius 3 is 1.46 bits per heavy atom. The Balaban J connectivity index is 0.000000566. The van der Waals surface area contributed by atoms with Crippen LogP contribution < -0.4 is 0 Å². The van der Waals surface area contributed by atoms with Crippen molar-refractivity contribution in [1.29, 1.82) is 0 Å². The molecule has 0 saturated heterocycles. The van der Waals surface area contributed by atoms with Crippen molar-refractivity contribution in [2.24, 2.45) is 0 Å². The van der Waals surface area contributed by atoms with Crippen LogP contribution in [0.2, 0.25) is 0 Å². The number of benzene rings is 8. The number of hydrogen-bond acceptors (Lipinski definition) is 3. The summed E-state index contributed by atoms with van der Waals surface area (Å²) in [5.41, 5.74) is 13.5. The highest BCUT2D eigenvalue weighted by molar-refractivity contribution is 8.59. The monoisotopic (exact) mass is 802 g/mol. The van der Waals surface area contributed by atoms with Gasteiger partial charge < -0.3 is 13.6 Å². The van der Waals surface area contributed by atoms with Crippen LogP contribution in [0.25, 0.3) is 99.2 Å². The van der Waals surface area contributed by atoms with Crippen molar-refractivity contribution >= 4 is 88.9 Å². The fourth-order valence-corrected chi connectivity index (χ4v) is 8.21. The highest BCUT2D eigenvalue weighted by Gasteiger charge is 2.18. The van der Waals surface area contributed by atoms with E-state index in [-0.39, 0.29) is 0 Å². The molecule has 0 spiro atoms. The molecule has 0 atom stereocenters. The molecule has 290 valence electrons. The van der Waals surface area contributed by atoms with Crippen LogP contribution in [0.4, 0.5) is 0 Å². The zero-order chi connectivity index (χ0) is 40.9. The smallest absolute Gasteiger partial charge is 0.159 e. The van der Waals surface area contributed by atoms with Crippen LogP contribution in [-0.4, -0.2) is 9.13 Å². The SMILES string of the molecule is C/C=C\C.CC.SS.c1ccc(-n2c3ccccc3c3cc(-c4cccc(-c5ccc6oc7c(-n8c9ccccc9c9ccccc98)cccc7c6c5)c4)ccc32)cc1. The number of rotatable bonds is 4. The van der Waals surface area contributed by atoms with E-state index in [0.717, 1.165) is 33.2 Å². The first-order valence-electron chi connectivity index (χ1n) is 20.1. The van der Waals surface area contributed by atoms with Crippen LogP contribution in [-0.2, 0) is 0 Å². The Labute approximate surface area is 356 Å². The molecule has 0 unspecified atom stereocenters. The summed E-state index contributed by atoms with van der Waals surface area (Å²) in [5, 5.41) is 7.22. The van der Waals surface area contributed by atoms with Crippen molar-refractivity contribution in [3.63, 3.8) is 0 Å². The Morgan fingerprint density at radius 1 is 0.390 bits per heavy atom. The van der Waals surface area contributed by atoms with Gasteiger partial charge in [-0.15, -0.1) is 23.3 Å². The Morgan fingerprint density at radius 2 is 0.847 bits per heavy atom. The molecule has 5 heteroatoms. The molecule has 0 amide bonds. The molecule has 0 aliphatic rings.